The molecule has 3 N–H and O–H groups in total. The second-order valence-electron chi connectivity index (χ2n) is 5.43. The van der Waals surface area contributed by atoms with Gasteiger partial charge in [0.1, 0.15) is 5.82 Å². The van der Waals surface area contributed by atoms with Gasteiger partial charge in [0.2, 0.25) is 12.0 Å². The van der Waals surface area contributed by atoms with Crippen LogP contribution in [0.25, 0.3) is 0 Å². The van der Waals surface area contributed by atoms with Crippen LogP contribution in [0.4, 0.5) is 4.39 Å². The van der Waals surface area contributed by atoms with Gasteiger partial charge in [-0.3, -0.25) is 14.4 Å². The maximum atomic E-state index is 13.3. The van der Waals surface area contributed by atoms with Gasteiger partial charge in [0.25, 0.3) is 11.8 Å². The van der Waals surface area contributed by atoms with Gasteiger partial charge in [-0.05, 0) is 23.8 Å². The molecule has 1 atom stereocenters. The minimum absolute atomic E-state index is 0.0529. The van der Waals surface area contributed by atoms with Gasteiger partial charge in [0.05, 0.1) is 0 Å². The fraction of sp³-hybridized carbons (Fsp3) is 0.400. The topological polar surface area (TPSA) is 98.7 Å². The second kappa shape index (κ2) is 7.59. The van der Waals surface area contributed by atoms with Gasteiger partial charge in [-0.25, -0.2) is 4.39 Å². The summed E-state index contributed by atoms with van der Waals surface area (Å²) in [5, 5.41) is 15.4. The number of nitrogens with zero attached hydrogens (tertiary/aromatic N) is 1. The molecule has 130 valence electrons. The van der Waals surface area contributed by atoms with Crippen LogP contribution >= 0.6 is 11.6 Å². The van der Waals surface area contributed by atoms with Gasteiger partial charge < -0.3 is 20.6 Å². The Morgan fingerprint density at radius 3 is 2.88 bits per heavy atom. The molecule has 0 aromatic heterocycles. The Hall–Kier alpha value is -2.19. The van der Waals surface area contributed by atoms with Crippen molar-refractivity contribution < 1.29 is 23.9 Å². The van der Waals surface area contributed by atoms with Crippen LogP contribution in [0.2, 0.25) is 5.02 Å². The van der Waals surface area contributed by atoms with Crippen LogP contribution in [-0.2, 0) is 20.9 Å². The minimum Gasteiger partial charge on any atom is -0.372 e. The Kier molecular flexibility index (Phi) is 5.74. The van der Waals surface area contributed by atoms with Gasteiger partial charge >= 0.3 is 0 Å². The first-order valence-electron chi connectivity index (χ1n) is 7.29. The van der Waals surface area contributed by atoms with Crippen molar-refractivity contribution in [3.05, 3.63) is 34.6 Å². The molecule has 0 spiro atoms. The number of hydrogen-bond acceptors (Lipinski definition) is 4. The Balaban J connectivity index is 1.96. The zero-order valence-corrected chi connectivity index (χ0v) is 13.5. The predicted molar refractivity (Wildman–Crippen MR) is 83.5 cm³/mol. The first-order chi connectivity index (χ1) is 11.4. The number of nitrogens with one attached hydrogen (secondary N) is 2. The maximum absolute atomic E-state index is 13.3. The number of benzene rings is 1. The van der Waals surface area contributed by atoms with Crippen LogP contribution in [-0.4, -0.2) is 53.5 Å². The van der Waals surface area contributed by atoms with E-state index in [1.165, 1.54) is 17.0 Å². The summed E-state index contributed by atoms with van der Waals surface area (Å²) >= 11 is 5.73. The molecule has 1 aliphatic heterocycles. The van der Waals surface area contributed by atoms with Crippen LogP contribution in [0.1, 0.15) is 12.0 Å². The number of hydrogen-bond donors (Lipinski definition) is 3. The van der Waals surface area contributed by atoms with E-state index in [-0.39, 0.29) is 37.6 Å². The predicted octanol–water partition coefficient (Wildman–Crippen LogP) is -0.195. The summed E-state index contributed by atoms with van der Waals surface area (Å²) in [6.07, 6.45) is 0.451. The summed E-state index contributed by atoms with van der Waals surface area (Å²) in [5.41, 5.74) is -1.74. The van der Waals surface area contributed by atoms with E-state index in [2.05, 4.69) is 10.6 Å². The fourth-order valence-corrected chi connectivity index (χ4v) is 2.74. The molecule has 0 saturated carbocycles. The summed E-state index contributed by atoms with van der Waals surface area (Å²) in [6.45, 7) is 0.565. The summed E-state index contributed by atoms with van der Waals surface area (Å²) in [7, 11) is 0. The lowest BCUT2D eigenvalue weighted by atomic mass is 10.0. The molecule has 0 aliphatic carbocycles. The van der Waals surface area contributed by atoms with Crippen molar-refractivity contribution in [3.8, 4) is 0 Å². The van der Waals surface area contributed by atoms with E-state index in [1.54, 1.807) is 0 Å². The molecule has 1 aromatic rings. The summed E-state index contributed by atoms with van der Waals surface area (Å²) < 4.78 is 13.3. The monoisotopic (exact) mass is 357 g/mol. The normalized spacial score (nSPS) is 20.1. The Labute approximate surface area is 142 Å². The molecule has 1 unspecified atom stereocenters. The van der Waals surface area contributed by atoms with E-state index in [0.29, 0.717) is 12.0 Å². The third-order valence-electron chi connectivity index (χ3n) is 3.74. The molecular weight excluding hydrogens is 341 g/mol. The molecule has 1 heterocycles. The average Bonchev–Trinajstić information content (AvgIpc) is 2.81. The number of likely N-dealkylation sites (tertiary alicyclic amines) is 1. The second-order valence-corrected chi connectivity index (χ2v) is 5.87. The number of carbonyl (C=O) groups is 3. The van der Waals surface area contributed by atoms with E-state index in [1.807, 2.05) is 0 Å². The highest BCUT2D eigenvalue weighted by Crippen LogP contribution is 2.23. The quantitative estimate of drug-likeness (QED) is 0.358. The minimum atomic E-state index is -2.15. The lowest BCUT2D eigenvalue weighted by Gasteiger charge is -2.21. The van der Waals surface area contributed by atoms with E-state index < -0.39 is 23.2 Å². The van der Waals surface area contributed by atoms with Gasteiger partial charge in [0.15, 0.2) is 0 Å². The highest BCUT2D eigenvalue weighted by molar-refractivity contribution is 6.30. The third-order valence-corrected chi connectivity index (χ3v) is 3.96. The van der Waals surface area contributed by atoms with Crippen molar-refractivity contribution >= 4 is 29.8 Å². The summed E-state index contributed by atoms with van der Waals surface area (Å²) in [6, 6.07) is 3.80. The Morgan fingerprint density at radius 2 is 2.21 bits per heavy atom. The molecule has 2 rings (SSSR count). The number of amides is 3. The molecule has 0 radical (unpaired) electrons. The molecule has 0 bridgehead atoms. The number of aliphatic hydroxyl groups is 1. The Bertz CT molecular complexity index is 637. The first kappa shape index (κ1) is 18.2. The van der Waals surface area contributed by atoms with Gasteiger partial charge in [-0.2, -0.15) is 0 Å². The van der Waals surface area contributed by atoms with Gasteiger partial charge in [-0.15, -0.1) is 0 Å². The zero-order chi connectivity index (χ0) is 17.7. The number of halogens is 2. The standard InChI is InChI=1S/C15H17ClFN3O4/c16-11-5-10(6-12(17)7-11)8-19-13(22)15(24)1-3-20(14(15)23)4-2-18-9-21/h5-7,9,24H,1-4,8H2,(H,18,21)(H,19,22). The lowest BCUT2D eigenvalue weighted by Crippen LogP contribution is -2.52. The van der Waals surface area contributed by atoms with E-state index >= 15 is 0 Å². The highest BCUT2D eigenvalue weighted by atomic mass is 35.5. The average molecular weight is 358 g/mol. The Morgan fingerprint density at radius 1 is 1.46 bits per heavy atom. The number of carbonyl (C=O) groups excluding carboxylic acids is 3. The maximum Gasteiger partial charge on any atom is 0.264 e. The van der Waals surface area contributed by atoms with Crippen molar-refractivity contribution in [2.45, 2.75) is 18.6 Å². The van der Waals surface area contributed by atoms with E-state index in [0.717, 1.165) is 6.07 Å². The molecule has 1 aromatic carbocycles. The highest BCUT2D eigenvalue weighted by Gasteiger charge is 2.50. The SMILES string of the molecule is O=CNCCN1CCC(O)(C(=O)NCc2cc(F)cc(Cl)c2)C1=O. The van der Waals surface area contributed by atoms with Crippen LogP contribution in [0.15, 0.2) is 18.2 Å². The van der Waals surface area contributed by atoms with E-state index in [4.69, 9.17) is 11.6 Å². The zero-order valence-electron chi connectivity index (χ0n) is 12.7. The number of rotatable bonds is 7. The van der Waals surface area contributed by atoms with Crippen molar-refractivity contribution in [2.75, 3.05) is 19.6 Å². The first-order valence-corrected chi connectivity index (χ1v) is 7.66. The van der Waals surface area contributed by atoms with Crippen LogP contribution < -0.4 is 10.6 Å². The van der Waals surface area contributed by atoms with Crippen LogP contribution in [0.5, 0.6) is 0 Å². The molecule has 3 amide bonds. The summed E-state index contributed by atoms with van der Waals surface area (Å²) in [5.74, 6) is -2.11. The largest absolute Gasteiger partial charge is 0.372 e. The van der Waals surface area contributed by atoms with Crippen molar-refractivity contribution in [1.82, 2.24) is 15.5 Å². The van der Waals surface area contributed by atoms with Crippen LogP contribution in [0.3, 0.4) is 0 Å². The molecule has 1 aliphatic rings. The van der Waals surface area contributed by atoms with Crippen molar-refractivity contribution in [2.24, 2.45) is 0 Å². The van der Waals surface area contributed by atoms with Crippen molar-refractivity contribution in [3.63, 3.8) is 0 Å². The molecule has 24 heavy (non-hydrogen) atoms. The molecule has 9 heteroatoms. The lowest BCUT2D eigenvalue weighted by molar-refractivity contribution is -0.154. The summed E-state index contributed by atoms with van der Waals surface area (Å²) in [4.78, 5) is 35.9. The molecule has 7 nitrogen and oxygen atoms in total. The van der Waals surface area contributed by atoms with Gasteiger partial charge in [0, 0.05) is 37.6 Å². The van der Waals surface area contributed by atoms with Crippen LogP contribution in [0, 0.1) is 5.82 Å². The smallest absolute Gasteiger partial charge is 0.264 e. The molecule has 1 saturated heterocycles. The molecular formula is C15H17ClFN3O4. The third kappa shape index (κ3) is 4.01. The fourth-order valence-electron chi connectivity index (χ4n) is 2.49. The molecule has 1 fully saturated rings. The van der Waals surface area contributed by atoms with Gasteiger partial charge in [-0.1, -0.05) is 11.6 Å². The van der Waals surface area contributed by atoms with E-state index in [9.17, 15) is 23.9 Å². The van der Waals surface area contributed by atoms with Crippen molar-refractivity contribution in [1.29, 1.82) is 0 Å².